The van der Waals surface area contributed by atoms with Crippen molar-refractivity contribution >= 4 is 0 Å². The van der Waals surface area contributed by atoms with Crippen molar-refractivity contribution in [2.45, 2.75) is 39.2 Å². The van der Waals surface area contributed by atoms with Crippen LogP contribution >= 0.6 is 0 Å². The molecule has 14 heavy (non-hydrogen) atoms. The van der Waals surface area contributed by atoms with Gasteiger partial charge in [-0.2, -0.15) is 0 Å². The minimum absolute atomic E-state index is 0. The molecule has 78 valence electrons. The molecule has 0 rings (SSSR count). The molecule has 0 bridgehead atoms. The molecule has 0 aliphatic heterocycles. The first-order valence-electron chi connectivity index (χ1n) is 4.91. The van der Waals surface area contributed by atoms with Crippen LogP contribution in [-0.4, -0.2) is 20.0 Å². The SMILES string of the molecule is [CH-]=C[C@@H](C)[C@H](CCCC)OCOC.[Li+]. The van der Waals surface area contributed by atoms with Gasteiger partial charge in [-0.1, -0.05) is 26.7 Å². The summed E-state index contributed by atoms with van der Waals surface area (Å²) in [5.41, 5.74) is 0. The maximum atomic E-state index is 5.51. The Balaban J connectivity index is 0. The molecule has 0 radical (unpaired) electrons. The van der Waals surface area contributed by atoms with Crippen LogP contribution in [0, 0.1) is 12.5 Å². The van der Waals surface area contributed by atoms with Gasteiger partial charge in [0.15, 0.2) is 0 Å². The Morgan fingerprint density at radius 3 is 2.50 bits per heavy atom. The van der Waals surface area contributed by atoms with Crippen molar-refractivity contribution in [2.24, 2.45) is 5.92 Å². The molecule has 2 nitrogen and oxygen atoms in total. The Labute approximate surface area is 100 Å². The molecule has 0 saturated carbocycles. The minimum atomic E-state index is 0. The monoisotopic (exact) mass is 192 g/mol. The fourth-order valence-electron chi connectivity index (χ4n) is 1.18. The van der Waals surface area contributed by atoms with E-state index in [0.717, 1.165) is 6.42 Å². The fourth-order valence-corrected chi connectivity index (χ4v) is 1.18. The average Bonchev–Trinajstić information content (AvgIpc) is 2.17. The molecule has 0 fully saturated rings. The van der Waals surface area contributed by atoms with Crippen LogP contribution in [0.2, 0.25) is 0 Å². The Bertz CT molecular complexity index is 120. The first-order valence-corrected chi connectivity index (χ1v) is 4.91. The summed E-state index contributed by atoms with van der Waals surface area (Å²) < 4.78 is 10.4. The van der Waals surface area contributed by atoms with E-state index in [-0.39, 0.29) is 25.0 Å². The Morgan fingerprint density at radius 1 is 1.43 bits per heavy atom. The van der Waals surface area contributed by atoms with Crippen molar-refractivity contribution < 1.29 is 28.3 Å². The molecule has 0 aromatic carbocycles. The molecule has 3 heteroatoms. The van der Waals surface area contributed by atoms with Gasteiger partial charge in [0.2, 0.25) is 0 Å². The van der Waals surface area contributed by atoms with Crippen molar-refractivity contribution in [1.29, 1.82) is 0 Å². The van der Waals surface area contributed by atoms with E-state index < -0.39 is 0 Å². The Hall–Kier alpha value is 0.257. The molecule has 0 saturated heterocycles. The van der Waals surface area contributed by atoms with Crippen LogP contribution in [0.15, 0.2) is 6.08 Å². The molecule has 0 N–H and O–H groups in total. The molecule has 0 aromatic rings. The minimum Gasteiger partial charge on any atom is -0.518 e. The molecule has 0 aliphatic carbocycles. The van der Waals surface area contributed by atoms with Gasteiger partial charge >= 0.3 is 18.9 Å². The quantitative estimate of drug-likeness (QED) is 0.301. The summed E-state index contributed by atoms with van der Waals surface area (Å²) in [6.45, 7) is 10.1. The standard InChI is InChI=1S/C11H21O2.Li/c1-5-7-8-11(10(3)6-2)13-9-12-4;/h2,6,10-11H,5,7-9H2,1,3-4H3;/q-1;+1/t10-,11+;/m1./s1. The second kappa shape index (κ2) is 11.3. The molecule has 0 aliphatic rings. The van der Waals surface area contributed by atoms with Crippen LogP contribution in [-0.2, 0) is 9.47 Å². The van der Waals surface area contributed by atoms with Crippen molar-refractivity contribution in [1.82, 2.24) is 0 Å². The van der Waals surface area contributed by atoms with Crippen LogP contribution in [0.3, 0.4) is 0 Å². The van der Waals surface area contributed by atoms with Gasteiger partial charge < -0.3 is 16.1 Å². The van der Waals surface area contributed by atoms with Crippen LogP contribution in [0.4, 0.5) is 0 Å². The van der Waals surface area contributed by atoms with E-state index in [1.54, 1.807) is 13.2 Å². The smallest absolute Gasteiger partial charge is 0.518 e. The second-order valence-electron chi connectivity index (χ2n) is 3.31. The number of rotatable bonds is 8. The topological polar surface area (TPSA) is 18.5 Å². The van der Waals surface area contributed by atoms with E-state index in [1.807, 2.05) is 0 Å². The van der Waals surface area contributed by atoms with E-state index in [2.05, 4.69) is 13.8 Å². The molecule has 0 unspecified atom stereocenters. The third-order valence-corrected chi connectivity index (χ3v) is 2.13. The van der Waals surface area contributed by atoms with Crippen LogP contribution in [0.5, 0.6) is 0 Å². The van der Waals surface area contributed by atoms with Crippen molar-refractivity contribution in [2.75, 3.05) is 13.9 Å². The third-order valence-electron chi connectivity index (χ3n) is 2.13. The van der Waals surface area contributed by atoms with Crippen LogP contribution < -0.4 is 18.9 Å². The van der Waals surface area contributed by atoms with Gasteiger partial charge in [-0.25, -0.2) is 0 Å². The van der Waals surface area contributed by atoms with Gasteiger partial charge in [-0.15, -0.1) is 0 Å². The summed E-state index contributed by atoms with van der Waals surface area (Å²) in [5.74, 6) is 0.293. The van der Waals surface area contributed by atoms with E-state index in [0.29, 0.717) is 12.7 Å². The van der Waals surface area contributed by atoms with Crippen molar-refractivity contribution in [3.8, 4) is 0 Å². The van der Waals surface area contributed by atoms with Gasteiger partial charge in [-0.05, 0) is 12.3 Å². The van der Waals surface area contributed by atoms with Crippen molar-refractivity contribution in [3.05, 3.63) is 12.7 Å². The zero-order valence-corrected chi connectivity index (χ0v) is 9.95. The van der Waals surface area contributed by atoms with Crippen molar-refractivity contribution in [3.63, 3.8) is 0 Å². The number of unbranched alkanes of at least 4 members (excludes halogenated alkanes) is 1. The summed E-state index contributed by atoms with van der Waals surface area (Å²) in [6.07, 6.45) is 5.30. The molecule has 0 amide bonds. The zero-order valence-electron chi connectivity index (χ0n) is 9.95. The Kier molecular flexibility index (Phi) is 13.5. The molecule has 2 atom stereocenters. The fraction of sp³-hybridized carbons (Fsp3) is 0.818. The summed E-state index contributed by atoms with van der Waals surface area (Å²) in [5, 5.41) is 0. The van der Waals surface area contributed by atoms with Crippen LogP contribution in [0.25, 0.3) is 0 Å². The second-order valence-corrected chi connectivity index (χ2v) is 3.31. The van der Waals surface area contributed by atoms with E-state index in [9.17, 15) is 0 Å². The van der Waals surface area contributed by atoms with Gasteiger partial charge in [-0.3, -0.25) is 6.08 Å². The first-order chi connectivity index (χ1) is 6.26. The molecular weight excluding hydrogens is 171 g/mol. The van der Waals surface area contributed by atoms with Crippen LogP contribution in [0.1, 0.15) is 33.1 Å². The number of hydrogen-bond donors (Lipinski definition) is 0. The van der Waals surface area contributed by atoms with E-state index in [1.165, 1.54) is 12.8 Å². The van der Waals surface area contributed by atoms with Gasteiger partial charge in [0.05, 0.1) is 6.10 Å². The maximum absolute atomic E-state index is 5.51. The molecule has 0 spiro atoms. The van der Waals surface area contributed by atoms with Gasteiger partial charge in [0, 0.05) is 7.11 Å². The van der Waals surface area contributed by atoms with Gasteiger partial charge in [0.25, 0.3) is 0 Å². The molecule has 0 heterocycles. The molecular formula is C11H21LiO2. The third kappa shape index (κ3) is 7.64. The number of ether oxygens (including phenoxy) is 2. The van der Waals surface area contributed by atoms with E-state index >= 15 is 0 Å². The van der Waals surface area contributed by atoms with E-state index in [4.69, 9.17) is 16.1 Å². The largest absolute Gasteiger partial charge is 1.00 e. The predicted octanol–water partition coefficient (Wildman–Crippen LogP) is -0.205. The van der Waals surface area contributed by atoms with Gasteiger partial charge in [0.1, 0.15) is 6.79 Å². The number of methoxy groups -OCH3 is 1. The summed E-state index contributed by atoms with van der Waals surface area (Å²) in [4.78, 5) is 0. The summed E-state index contributed by atoms with van der Waals surface area (Å²) in [7, 11) is 1.63. The number of hydrogen-bond acceptors (Lipinski definition) is 2. The Morgan fingerprint density at radius 2 is 2.07 bits per heavy atom. The zero-order chi connectivity index (χ0) is 10.1. The summed E-state index contributed by atoms with van der Waals surface area (Å²) in [6, 6.07) is 0. The molecule has 0 aromatic heterocycles. The maximum Gasteiger partial charge on any atom is 1.00 e. The first kappa shape index (κ1) is 16.7. The predicted molar refractivity (Wildman–Crippen MR) is 54.3 cm³/mol. The summed E-state index contributed by atoms with van der Waals surface area (Å²) >= 11 is 0. The normalized spacial score (nSPS) is 14.2. The average molecular weight is 192 g/mol.